The molecule has 0 aliphatic rings. The molecule has 68 valence electrons. The highest BCUT2D eigenvalue weighted by Crippen LogP contribution is 2.19. The average Bonchev–Trinajstić information content (AvgIpc) is 2.19. The molecule has 1 aromatic rings. The van der Waals surface area contributed by atoms with Crippen molar-refractivity contribution in [3.05, 3.63) is 35.9 Å². The molecule has 1 N–H and O–H groups in total. The van der Waals surface area contributed by atoms with Crippen LogP contribution in [-0.4, -0.2) is 11.2 Å². The number of nitrogens with zero attached hydrogens (tertiary/aromatic N) is 1. The van der Waals surface area contributed by atoms with E-state index in [1.54, 1.807) is 0 Å². The second-order valence-corrected chi connectivity index (χ2v) is 3.19. The Morgan fingerprint density at radius 1 is 1.38 bits per heavy atom. The number of rotatable bonds is 3. The summed E-state index contributed by atoms with van der Waals surface area (Å²) in [6.07, 6.45) is -0.351. The summed E-state index contributed by atoms with van der Waals surface area (Å²) in [5.41, 5.74) is 1.16. The maximum absolute atomic E-state index is 9.13. The van der Waals surface area contributed by atoms with E-state index in [1.807, 2.05) is 43.3 Å². The van der Waals surface area contributed by atoms with Crippen molar-refractivity contribution in [2.75, 3.05) is 0 Å². The summed E-state index contributed by atoms with van der Waals surface area (Å²) >= 11 is 0. The minimum Gasteiger partial charge on any atom is -0.378 e. The smallest absolute Gasteiger partial charge is 0.141 e. The molecule has 2 atom stereocenters. The topological polar surface area (TPSA) is 44.0 Å². The average molecular weight is 175 g/mol. The zero-order valence-electron chi connectivity index (χ0n) is 7.64. The van der Waals surface area contributed by atoms with Crippen LogP contribution in [0.3, 0.4) is 0 Å². The van der Waals surface area contributed by atoms with Gasteiger partial charge >= 0.3 is 0 Å². The summed E-state index contributed by atoms with van der Waals surface area (Å²) < 4.78 is 0. The minimum absolute atomic E-state index is 0.232. The second kappa shape index (κ2) is 4.64. The van der Waals surface area contributed by atoms with Gasteiger partial charge in [0.05, 0.1) is 6.07 Å². The molecule has 0 aromatic heterocycles. The summed E-state index contributed by atoms with van der Waals surface area (Å²) in [4.78, 5) is 0. The number of benzene rings is 1. The molecular weight excluding hydrogens is 162 g/mol. The minimum atomic E-state index is -0.852. The number of hydrogen-bond donors (Lipinski definition) is 1. The van der Waals surface area contributed by atoms with Crippen LogP contribution in [0.1, 0.15) is 24.8 Å². The summed E-state index contributed by atoms with van der Waals surface area (Å²) in [5, 5.41) is 17.6. The zero-order chi connectivity index (χ0) is 9.68. The van der Waals surface area contributed by atoms with Gasteiger partial charge in [0.1, 0.15) is 6.10 Å². The summed E-state index contributed by atoms with van der Waals surface area (Å²) in [6.45, 7) is 2.01. The monoisotopic (exact) mass is 175 g/mol. The molecule has 0 heterocycles. The Balaban J connectivity index is 2.60. The van der Waals surface area contributed by atoms with E-state index in [0.29, 0.717) is 6.42 Å². The standard InChI is InChI=1S/C11H13NO/c1-9(7-11(13)8-12)10-5-3-2-4-6-10/h2-6,9,11,13H,7H2,1H3. The van der Waals surface area contributed by atoms with E-state index in [9.17, 15) is 0 Å². The molecule has 0 radical (unpaired) electrons. The van der Waals surface area contributed by atoms with Gasteiger partial charge in [0.25, 0.3) is 0 Å². The molecule has 1 aromatic carbocycles. The van der Waals surface area contributed by atoms with Crippen LogP contribution in [0.25, 0.3) is 0 Å². The van der Waals surface area contributed by atoms with Crippen LogP contribution in [0.5, 0.6) is 0 Å². The molecule has 0 saturated carbocycles. The first-order valence-corrected chi connectivity index (χ1v) is 4.36. The lowest BCUT2D eigenvalue weighted by molar-refractivity contribution is 0.211. The van der Waals surface area contributed by atoms with Gasteiger partial charge in [0.15, 0.2) is 0 Å². The SMILES string of the molecule is CC(CC(O)C#N)c1ccccc1. The Morgan fingerprint density at radius 2 is 2.00 bits per heavy atom. The molecule has 2 heteroatoms. The predicted molar refractivity (Wildman–Crippen MR) is 51.1 cm³/mol. The van der Waals surface area contributed by atoms with Crippen molar-refractivity contribution in [2.45, 2.75) is 25.4 Å². The Kier molecular flexibility index (Phi) is 3.48. The molecule has 0 fully saturated rings. The van der Waals surface area contributed by atoms with Gasteiger partial charge in [-0.25, -0.2) is 0 Å². The molecule has 0 bridgehead atoms. The van der Waals surface area contributed by atoms with E-state index in [0.717, 1.165) is 5.56 Å². The Bertz CT molecular complexity index is 289. The van der Waals surface area contributed by atoms with Gasteiger partial charge in [-0.05, 0) is 17.9 Å². The van der Waals surface area contributed by atoms with Crippen molar-refractivity contribution in [2.24, 2.45) is 0 Å². The normalized spacial score (nSPS) is 14.5. The highest BCUT2D eigenvalue weighted by molar-refractivity contribution is 5.19. The Morgan fingerprint density at radius 3 is 2.54 bits per heavy atom. The third-order valence-electron chi connectivity index (χ3n) is 2.09. The number of nitriles is 1. The van der Waals surface area contributed by atoms with Crippen molar-refractivity contribution >= 4 is 0 Å². The third-order valence-corrected chi connectivity index (χ3v) is 2.09. The fourth-order valence-electron chi connectivity index (χ4n) is 1.31. The first-order valence-electron chi connectivity index (χ1n) is 4.36. The van der Waals surface area contributed by atoms with Crippen LogP contribution in [0.4, 0.5) is 0 Å². The highest BCUT2D eigenvalue weighted by Gasteiger charge is 2.10. The first kappa shape index (κ1) is 9.76. The van der Waals surface area contributed by atoms with Crippen molar-refractivity contribution < 1.29 is 5.11 Å². The van der Waals surface area contributed by atoms with E-state index in [1.165, 1.54) is 0 Å². The molecule has 2 unspecified atom stereocenters. The number of aliphatic hydroxyl groups excluding tert-OH is 1. The van der Waals surface area contributed by atoms with Gasteiger partial charge < -0.3 is 5.11 Å². The lowest BCUT2D eigenvalue weighted by Crippen LogP contribution is -2.07. The van der Waals surface area contributed by atoms with Gasteiger partial charge in [-0.1, -0.05) is 37.3 Å². The molecular formula is C11H13NO. The largest absolute Gasteiger partial charge is 0.378 e. The van der Waals surface area contributed by atoms with Gasteiger partial charge in [0, 0.05) is 0 Å². The molecule has 1 rings (SSSR count). The van der Waals surface area contributed by atoms with Crippen LogP contribution < -0.4 is 0 Å². The van der Waals surface area contributed by atoms with Crippen molar-refractivity contribution in [3.8, 4) is 6.07 Å². The molecule has 13 heavy (non-hydrogen) atoms. The predicted octanol–water partition coefficient (Wildman–Crippen LogP) is 2.06. The van der Waals surface area contributed by atoms with Crippen LogP contribution in [0, 0.1) is 11.3 Å². The van der Waals surface area contributed by atoms with E-state index >= 15 is 0 Å². The molecule has 2 nitrogen and oxygen atoms in total. The maximum atomic E-state index is 9.13. The lowest BCUT2D eigenvalue weighted by atomic mass is 9.95. The third kappa shape index (κ3) is 2.89. The molecule has 0 aliphatic carbocycles. The molecule has 0 spiro atoms. The van der Waals surface area contributed by atoms with Crippen LogP contribution >= 0.6 is 0 Å². The van der Waals surface area contributed by atoms with Crippen LogP contribution in [0.15, 0.2) is 30.3 Å². The molecule has 0 aliphatic heterocycles. The van der Waals surface area contributed by atoms with Crippen molar-refractivity contribution in [3.63, 3.8) is 0 Å². The van der Waals surface area contributed by atoms with Gasteiger partial charge in [-0.2, -0.15) is 5.26 Å². The first-order chi connectivity index (χ1) is 6.24. The van der Waals surface area contributed by atoms with E-state index in [-0.39, 0.29) is 5.92 Å². The number of hydrogen-bond acceptors (Lipinski definition) is 2. The van der Waals surface area contributed by atoms with Crippen molar-refractivity contribution in [1.29, 1.82) is 5.26 Å². The van der Waals surface area contributed by atoms with E-state index < -0.39 is 6.10 Å². The van der Waals surface area contributed by atoms with Gasteiger partial charge in [-0.15, -0.1) is 0 Å². The Labute approximate surface area is 78.4 Å². The fourth-order valence-corrected chi connectivity index (χ4v) is 1.31. The van der Waals surface area contributed by atoms with Gasteiger partial charge in [0.2, 0.25) is 0 Å². The summed E-state index contributed by atoms with van der Waals surface area (Å²) in [7, 11) is 0. The van der Waals surface area contributed by atoms with Crippen LogP contribution in [-0.2, 0) is 0 Å². The molecule has 0 saturated heterocycles. The summed E-state index contributed by atoms with van der Waals surface area (Å²) in [5.74, 6) is 0.232. The quantitative estimate of drug-likeness (QED) is 0.714. The van der Waals surface area contributed by atoms with Crippen LogP contribution in [0.2, 0.25) is 0 Å². The van der Waals surface area contributed by atoms with E-state index in [4.69, 9.17) is 10.4 Å². The maximum Gasteiger partial charge on any atom is 0.141 e. The Hall–Kier alpha value is -1.33. The fraction of sp³-hybridized carbons (Fsp3) is 0.364. The van der Waals surface area contributed by atoms with Gasteiger partial charge in [-0.3, -0.25) is 0 Å². The van der Waals surface area contributed by atoms with E-state index in [2.05, 4.69) is 0 Å². The second-order valence-electron chi connectivity index (χ2n) is 3.19. The highest BCUT2D eigenvalue weighted by atomic mass is 16.3. The molecule has 0 amide bonds. The van der Waals surface area contributed by atoms with Crippen molar-refractivity contribution in [1.82, 2.24) is 0 Å². The zero-order valence-corrected chi connectivity index (χ0v) is 7.64. The number of aliphatic hydroxyl groups is 1. The summed E-state index contributed by atoms with van der Waals surface area (Å²) in [6, 6.07) is 11.7. The lowest BCUT2D eigenvalue weighted by Gasteiger charge is -2.11.